The van der Waals surface area contributed by atoms with Crippen molar-refractivity contribution in [2.75, 3.05) is 39.6 Å². The number of hydrogen-bond donors (Lipinski definition) is 3. The van der Waals surface area contributed by atoms with Gasteiger partial charge in [0.2, 0.25) is 0 Å². The molecule has 0 aliphatic heterocycles. The molecule has 17 nitrogen and oxygen atoms in total. The quantitative estimate of drug-likeness (QED) is 0.0169. The molecule has 0 rings (SSSR count). The number of aliphatic hydroxyl groups is 1. The average molecular weight is 1340 g/mol. The number of esters is 4. The van der Waals surface area contributed by atoms with Crippen LogP contribution < -0.4 is 0 Å². The largest absolute Gasteiger partial charge is 0.472 e. The number of ether oxygens (including phenoxy) is 4. The maximum atomic E-state index is 13.0. The van der Waals surface area contributed by atoms with Crippen molar-refractivity contribution in [3.63, 3.8) is 0 Å². The standard InChI is InChI=1S/C73H128O17P2/c1-5-9-13-17-21-25-29-30-31-32-33-34-35-36-40-42-46-50-54-58-71(76)84-64-69(90-73(78)60-56-52-48-44-39-28-24-20-16-12-8-4)66-88-92(81,82)86-62-67(74)61-85-91(79,80)87-65-68(89-72(77)59-55-51-47-43-38-27-23-19-15-11-7-3)63-83-70(75)57-53-49-45-41-37-26-22-18-14-10-6-2/h9,13,20-21,24-25,30-31,33-34,36,40,46,50,67-69,74H,5-8,10-12,14-19,22-23,26-29,32,35,37-39,41-45,47-49,51-66H2,1-4H3,(H,79,80)(H,81,82)/b13-9-,24-20-,25-21-,31-30-,34-33-,40-36-,50-46-. The van der Waals surface area contributed by atoms with E-state index < -0.39 is 97.5 Å². The lowest BCUT2D eigenvalue weighted by molar-refractivity contribution is -0.161. The highest BCUT2D eigenvalue weighted by molar-refractivity contribution is 7.47. The number of aliphatic hydroxyl groups excluding tert-OH is 1. The molecule has 0 aromatic heterocycles. The summed E-state index contributed by atoms with van der Waals surface area (Å²) in [7, 11) is -9.94. The Bertz CT molecular complexity index is 2090. The third-order valence-electron chi connectivity index (χ3n) is 14.9. The van der Waals surface area contributed by atoms with Gasteiger partial charge in [-0.05, 0) is 83.5 Å². The third kappa shape index (κ3) is 64.9. The highest BCUT2D eigenvalue weighted by Gasteiger charge is 2.30. The van der Waals surface area contributed by atoms with E-state index in [0.717, 1.165) is 116 Å². The van der Waals surface area contributed by atoms with E-state index in [1.807, 2.05) is 18.2 Å². The lowest BCUT2D eigenvalue weighted by Crippen LogP contribution is -2.30. The average Bonchev–Trinajstić information content (AvgIpc) is 2.26. The number of hydrogen-bond acceptors (Lipinski definition) is 15. The van der Waals surface area contributed by atoms with Gasteiger partial charge in [-0.15, -0.1) is 0 Å². The Kier molecular flexibility index (Phi) is 63.2. The van der Waals surface area contributed by atoms with Gasteiger partial charge in [0.15, 0.2) is 12.2 Å². The normalized spacial score (nSPS) is 14.6. The first kappa shape index (κ1) is 88.2. The Morgan fingerprint density at radius 1 is 0.315 bits per heavy atom. The van der Waals surface area contributed by atoms with Crippen LogP contribution in [0, 0.1) is 0 Å². The van der Waals surface area contributed by atoms with Gasteiger partial charge in [-0.25, -0.2) is 9.13 Å². The molecule has 0 saturated carbocycles. The van der Waals surface area contributed by atoms with Gasteiger partial charge >= 0.3 is 39.5 Å². The van der Waals surface area contributed by atoms with Gasteiger partial charge in [0, 0.05) is 25.7 Å². The van der Waals surface area contributed by atoms with E-state index in [1.165, 1.54) is 96.3 Å². The van der Waals surface area contributed by atoms with Gasteiger partial charge in [0.25, 0.3) is 0 Å². The molecule has 5 unspecified atom stereocenters. The van der Waals surface area contributed by atoms with Gasteiger partial charge in [-0.1, -0.05) is 273 Å². The third-order valence-corrected chi connectivity index (χ3v) is 16.8. The molecule has 0 spiro atoms. The van der Waals surface area contributed by atoms with Gasteiger partial charge in [-0.3, -0.25) is 37.3 Å². The first-order valence-corrected chi connectivity index (χ1v) is 38.8. The second-order valence-electron chi connectivity index (χ2n) is 23.8. The van der Waals surface area contributed by atoms with E-state index in [1.54, 1.807) is 0 Å². The molecule has 19 heteroatoms. The summed E-state index contributed by atoms with van der Waals surface area (Å²) in [4.78, 5) is 72.4. The van der Waals surface area contributed by atoms with Crippen molar-refractivity contribution in [1.29, 1.82) is 0 Å². The molecule has 532 valence electrons. The molecule has 92 heavy (non-hydrogen) atoms. The number of phosphoric ester groups is 2. The first-order chi connectivity index (χ1) is 44.7. The van der Waals surface area contributed by atoms with Gasteiger partial charge in [0.05, 0.1) is 26.4 Å². The fourth-order valence-corrected chi connectivity index (χ4v) is 11.0. The molecule has 0 heterocycles. The molecular weight excluding hydrogens is 1210 g/mol. The zero-order valence-corrected chi connectivity index (χ0v) is 59.5. The smallest absolute Gasteiger partial charge is 0.462 e. The number of allylic oxidation sites excluding steroid dienone is 14. The lowest BCUT2D eigenvalue weighted by atomic mass is 10.1. The summed E-state index contributed by atoms with van der Waals surface area (Å²) in [5.74, 6) is -2.27. The zero-order chi connectivity index (χ0) is 67.5. The van der Waals surface area contributed by atoms with Crippen molar-refractivity contribution in [2.45, 2.75) is 316 Å². The second-order valence-corrected chi connectivity index (χ2v) is 26.7. The summed E-state index contributed by atoms with van der Waals surface area (Å²) in [6, 6.07) is 0. The van der Waals surface area contributed by atoms with Crippen molar-refractivity contribution in [2.24, 2.45) is 0 Å². The first-order valence-electron chi connectivity index (χ1n) is 35.8. The van der Waals surface area contributed by atoms with Crippen molar-refractivity contribution >= 4 is 39.5 Å². The number of rotatable bonds is 67. The Labute approximate surface area is 557 Å². The molecular formula is C73H128O17P2. The molecule has 0 bridgehead atoms. The highest BCUT2D eigenvalue weighted by Crippen LogP contribution is 2.45. The minimum absolute atomic E-state index is 0.0358. The summed E-state index contributed by atoms with van der Waals surface area (Å²) in [5, 5.41) is 10.6. The molecule has 5 atom stereocenters. The monoisotopic (exact) mass is 1340 g/mol. The lowest BCUT2D eigenvalue weighted by Gasteiger charge is -2.21. The maximum absolute atomic E-state index is 13.0. The summed E-state index contributed by atoms with van der Waals surface area (Å²) in [5.41, 5.74) is 0. The predicted molar refractivity (Wildman–Crippen MR) is 372 cm³/mol. The second kappa shape index (κ2) is 65.9. The topological polar surface area (TPSA) is 237 Å². The van der Waals surface area contributed by atoms with Crippen LogP contribution in [0.25, 0.3) is 0 Å². The highest BCUT2D eigenvalue weighted by atomic mass is 31.2. The Morgan fingerprint density at radius 3 is 0.967 bits per heavy atom. The number of carbonyl (C=O) groups is 4. The maximum Gasteiger partial charge on any atom is 0.472 e. The van der Waals surface area contributed by atoms with Gasteiger partial charge < -0.3 is 33.8 Å². The van der Waals surface area contributed by atoms with Crippen LogP contribution in [0.2, 0.25) is 0 Å². The van der Waals surface area contributed by atoms with Crippen LogP contribution >= 0.6 is 15.6 Å². The zero-order valence-electron chi connectivity index (χ0n) is 57.7. The number of unbranched alkanes of at least 4 members (excludes halogenated alkanes) is 27. The number of phosphoric acid groups is 2. The van der Waals surface area contributed by atoms with Crippen LogP contribution in [0.5, 0.6) is 0 Å². The van der Waals surface area contributed by atoms with E-state index in [-0.39, 0.29) is 25.7 Å². The van der Waals surface area contributed by atoms with Gasteiger partial charge in [0.1, 0.15) is 19.3 Å². The van der Waals surface area contributed by atoms with E-state index in [4.69, 9.17) is 37.0 Å². The molecule has 0 saturated heterocycles. The molecule has 0 fully saturated rings. The fraction of sp³-hybridized carbons (Fsp3) is 0.753. The molecule has 3 N–H and O–H groups in total. The van der Waals surface area contributed by atoms with E-state index in [0.29, 0.717) is 32.1 Å². The minimum Gasteiger partial charge on any atom is -0.462 e. The van der Waals surface area contributed by atoms with E-state index in [2.05, 4.69) is 94.5 Å². The van der Waals surface area contributed by atoms with E-state index >= 15 is 0 Å². The molecule has 0 radical (unpaired) electrons. The van der Waals surface area contributed by atoms with Crippen LogP contribution in [-0.2, 0) is 65.4 Å². The summed E-state index contributed by atoms with van der Waals surface area (Å²) < 4.78 is 68.1. The SMILES string of the molecule is CC/C=C\C/C=C\C/C=C\C/C=C\C/C=C\C/C=C\CCC(=O)OCC(COP(=O)(O)OCC(O)COP(=O)(O)OCC(COC(=O)CCCCCCCCCCCCC)OC(=O)CCCCCCCCCCCCC)OC(=O)CCCCCCC/C=C\CCCC. The predicted octanol–water partition coefficient (Wildman–Crippen LogP) is 19.9. The van der Waals surface area contributed by atoms with Crippen LogP contribution in [0.3, 0.4) is 0 Å². The van der Waals surface area contributed by atoms with E-state index in [9.17, 15) is 43.2 Å². The summed E-state index contributed by atoms with van der Waals surface area (Å²) in [6.45, 7) is 4.61. The summed E-state index contributed by atoms with van der Waals surface area (Å²) >= 11 is 0. The minimum atomic E-state index is -4.98. The van der Waals surface area contributed by atoms with Crippen molar-refractivity contribution in [3.8, 4) is 0 Å². The molecule has 0 aliphatic carbocycles. The van der Waals surface area contributed by atoms with Crippen LogP contribution in [0.4, 0.5) is 0 Å². The molecule has 0 aromatic rings. The van der Waals surface area contributed by atoms with Crippen molar-refractivity contribution in [3.05, 3.63) is 85.1 Å². The van der Waals surface area contributed by atoms with Crippen LogP contribution in [0.15, 0.2) is 85.1 Å². The fourth-order valence-electron chi connectivity index (χ4n) is 9.40. The molecule has 0 amide bonds. The summed E-state index contributed by atoms with van der Waals surface area (Å²) in [6.07, 6.45) is 64.8. The van der Waals surface area contributed by atoms with Crippen molar-refractivity contribution < 1.29 is 80.2 Å². The Balaban J connectivity index is 5.33. The van der Waals surface area contributed by atoms with Crippen molar-refractivity contribution in [1.82, 2.24) is 0 Å². The van der Waals surface area contributed by atoms with Crippen LogP contribution in [-0.4, -0.2) is 96.7 Å². The molecule has 0 aromatic carbocycles. The Morgan fingerprint density at radius 2 is 0.598 bits per heavy atom. The molecule has 0 aliphatic rings. The Hall–Kier alpha value is -3.76. The number of carbonyl (C=O) groups excluding carboxylic acids is 4. The van der Waals surface area contributed by atoms with Crippen LogP contribution in [0.1, 0.15) is 297 Å². The van der Waals surface area contributed by atoms with Gasteiger partial charge in [-0.2, -0.15) is 0 Å².